The van der Waals surface area contributed by atoms with Crippen LogP contribution in [0, 0.1) is 5.82 Å². The van der Waals surface area contributed by atoms with Crippen molar-refractivity contribution in [1.82, 2.24) is 15.0 Å². The first-order chi connectivity index (χ1) is 11.2. The molecule has 118 valence electrons. The Morgan fingerprint density at radius 3 is 2.57 bits per heavy atom. The van der Waals surface area contributed by atoms with Crippen LogP contribution >= 0.6 is 0 Å². The lowest BCUT2D eigenvalue weighted by atomic mass is 10.1. The van der Waals surface area contributed by atoms with Crippen LogP contribution in [0.1, 0.15) is 22.8 Å². The van der Waals surface area contributed by atoms with E-state index in [-0.39, 0.29) is 5.82 Å². The highest BCUT2D eigenvalue weighted by Gasteiger charge is 2.10. The van der Waals surface area contributed by atoms with Crippen LogP contribution in [0.5, 0.6) is 0 Å². The van der Waals surface area contributed by atoms with Crippen LogP contribution < -0.4 is 0 Å². The predicted molar refractivity (Wildman–Crippen MR) is 85.1 cm³/mol. The van der Waals surface area contributed by atoms with E-state index in [0.29, 0.717) is 24.7 Å². The molecule has 0 spiro atoms. The van der Waals surface area contributed by atoms with Gasteiger partial charge in [0.2, 0.25) is 5.89 Å². The van der Waals surface area contributed by atoms with Crippen molar-refractivity contribution < 1.29 is 8.91 Å². The average molecular weight is 311 g/mol. The molecule has 0 amide bonds. The molecule has 0 atom stereocenters. The largest absolute Gasteiger partial charge is 0.338 e. The summed E-state index contributed by atoms with van der Waals surface area (Å²) in [5.41, 5.74) is 2.06. The summed E-state index contributed by atoms with van der Waals surface area (Å²) in [4.78, 5) is 6.48. The molecule has 4 nitrogen and oxygen atoms in total. The van der Waals surface area contributed by atoms with Crippen molar-refractivity contribution in [3.8, 4) is 0 Å². The van der Waals surface area contributed by atoms with Gasteiger partial charge in [-0.3, -0.25) is 4.90 Å². The molecular formula is C18H18FN3O. The Bertz CT molecular complexity index is 758. The number of nitrogens with zero attached hydrogens (tertiary/aromatic N) is 3. The maximum Gasteiger partial charge on any atom is 0.240 e. The molecule has 0 aliphatic rings. The molecule has 23 heavy (non-hydrogen) atoms. The molecule has 0 aliphatic heterocycles. The number of halogens is 1. The van der Waals surface area contributed by atoms with Gasteiger partial charge >= 0.3 is 0 Å². The van der Waals surface area contributed by atoms with Crippen LogP contribution in [-0.2, 0) is 19.5 Å². The van der Waals surface area contributed by atoms with E-state index in [1.165, 1.54) is 17.7 Å². The minimum Gasteiger partial charge on any atom is -0.338 e. The van der Waals surface area contributed by atoms with Gasteiger partial charge in [-0.25, -0.2) is 4.39 Å². The maximum absolute atomic E-state index is 13.2. The van der Waals surface area contributed by atoms with E-state index < -0.39 is 0 Å². The summed E-state index contributed by atoms with van der Waals surface area (Å²) in [6.07, 6.45) is 0.462. The molecule has 0 unspecified atom stereocenters. The minimum atomic E-state index is -0.256. The average Bonchev–Trinajstić information content (AvgIpc) is 2.95. The first-order valence-corrected chi connectivity index (χ1v) is 7.47. The third-order valence-corrected chi connectivity index (χ3v) is 3.46. The predicted octanol–water partition coefficient (Wildman–Crippen LogP) is 3.43. The second-order valence-corrected chi connectivity index (χ2v) is 5.57. The van der Waals surface area contributed by atoms with E-state index in [1.54, 1.807) is 6.07 Å². The van der Waals surface area contributed by atoms with Crippen LogP contribution in [0.4, 0.5) is 4.39 Å². The van der Waals surface area contributed by atoms with Crippen LogP contribution in [0.25, 0.3) is 0 Å². The summed E-state index contributed by atoms with van der Waals surface area (Å²) < 4.78 is 18.5. The lowest BCUT2D eigenvalue weighted by Crippen LogP contribution is -2.17. The molecule has 3 rings (SSSR count). The van der Waals surface area contributed by atoms with Crippen molar-refractivity contribution in [1.29, 1.82) is 0 Å². The Morgan fingerprint density at radius 2 is 1.78 bits per heavy atom. The van der Waals surface area contributed by atoms with E-state index in [2.05, 4.69) is 27.2 Å². The van der Waals surface area contributed by atoms with Crippen molar-refractivity contribution in [3.05, 3.63) is 83.3 Å². The Labute approximate surface area is 134 Å². The fourth-order valence-corrected chi connectivity index (χ4v) is 2.44. The number of aromatic nitrogens is 2. The van der Waals surface area contributed by atoms with Gasteiger partial charge in [0.05, 0.1) is 6.54 Å². The Kier molecular flexibility index (Phi) is 4.78. The van der Waals surface area contributed by atoms with Gasteiger partial charge in [-0.15, -0.1) is 0 Å². The van der Waals surface area contributed by atoms with E-state index in [9.17, 15) is 4.39 Å². The highest BCUT2D eigenvalue weighted by Crippen LogP contribution is 2.11. The summed E-state index contributed by atoms with van der Waals surface area (Å²) in [5.74, 6) is 0.877. The molecule has 1 aromatic heterocycles. The van der Waals surface area contributed by atoms with Gasteiger partial charge in [-0.2, -0.15) is 4.98 Å². The molecule has 5 heteroatoms. The zero-order chi connectivity index (χ0) is 16.1. The first-order valence-electron chi connectivity index (χ1n) is 7.47. The van der Waals surface area contributed by atoms with Crippen LogP contribution in [-0.4, -0.2) is 22.1 Å². The third kappa shape index (κ3) is 4.47. The van der Waals surface area contributed by atoms with Crippen molar-refractivity contribution in [2.45, 2.75) is 19.5 Å². The zero-order valence-electron chi connectivity index (χ0n) is 12.9. The summed E-state index contributed by atoms with van der Waals surface area (Å²) in [7, 11) is 2.00. The van der Waals surface area contributed by atoms with Crippen LogP contribution in [0.3, 0.4) is 0 Å². The number of rotatable bonds is 6. The molecule has 0 N–H and O–H groups in total. The highest BCUT2D eigenvalue weighted by atomic mass is 19.1. The molecule has 2 aromatic carbocycles. The molecule has 1 heterocycles. The van der Waals surface area contributed by atoms with E-state index in [0.717, 1.165) is 12.1 Å². The molecule has 0 saturated carbocycles. The van der Waals surface area contributed by atoms with Crippen molar-refractivity contribution >= 4 is 0 Å². The van der Waals surface area contributed by atoms with E-state index >= 15 is 0 Å². The summed E-state index contributed by atoms with van der Waals surface area (Å²) in [6, 6.07) is 16.6. The van der Waals surface area contributed by atoms with Crippen LogP contribution in [0.2, 0.25) is 0 Å². The van der Waals surface area contributed by atoms with E-state index in [1.807, 2.05) is 31.3 Å². The maximum atomic E-state index is 13.2. The van der Waals surface area contributed by atoms with Gasteiger partial charge in [0.1, 0.15) is 5.82 Å². The Hall–Kier alpha value is -2.53. The fraction of sp³-hybridized carbons (Fsp3) is 0.222. The van der Waals surface area contributed by atoms with Crippen molar-refractivity contribution in [2.24, 2.45) is 0 Å². The zero-order valence-corrected chi connectivity index (χ0v) is 12.9. The normalized spacial score (nSPS) is 11.1. The summed E-state index contributed by atoms with van der Waals surface area (Å²) in [5, 5.41) is 3.97. The second kappa shape index (κ2) is 7.15. The quantitative estimate of drug-likeness (QED) is 0.699. The highest BCUT2D eigenvalue weighted by molar-refractivity contribution is 5.19. The van der Waals surface area contributed by atoms with Gasteiger partial charge < -0.3 is 4.52 Å². The summed E-state index contributed by atoms with van der Waals surface area (Å²) in [6.45, 7) is 1.38. The Balaban J connectivity index is 1.58. The topological polar surface area (TPSA) is 42.2 Å². The van der Waals surface area contributed by atoms with Gasteiger partial charge in [-0.1, -0.05) is 47.6 Å². The smallest absolute Gasteiger partial charge is 0.240 e. The molecule has 3 aromatic rings. The molecule has 0 saturated heterocycles. The third-order valence-electron chi connectivity index (χ3n) is 3.46. The standard InChI is InChI=1S/C18H18FN3O/c1-22(12-14-6-3-2-4-7-14)13-18-20-17(21-23-18)11-15-8-5-9-16(19)10-15/h2-10H,11-13H2,1H3. The van der Waals surface area contributed by atoms with Crippen molar-refractivity contribution in [2.75, 3.05) is 7.05 Å². The fourth-order valence-electron chi connectivity index (χ4n) is 2.44. The molecule has 0 bridgehead atoms. The van der Waals surface area contributed by atoms with Gasteiger partial charge in [0.25, 0.3) is 0 Å². The van der Waals surface area contributed by atoms with E-state index in [4.69, 9.17) is 4.52 Å². The molecule has 0 fully saturated rings. The molecular weight excluding hydrogens is 293 g/mol. The minimum absolute atomic E-state index is 0.256. The number of hydrogen-bond acceptors (Lipinski definition) is 4. The molecule has 0 radical (unpaired) electrons. The Morgan fingerprint density at radius 1 is 1.00 bits per heavy atom. The number of benzene rings is 2. The lowest BCUT2D eigenvalue weighted by Gasteiger charge is -2.13. The van der Waals surface area contributed by atoms with Crippen molar-refractivity contribution in [3.63, 3.8) is 0 Å². The first kappa shape index (κ1) is 15.4. The SMILES string of the molecule is CN(Cc1ccccc1)Cc1nc(Cc2cccc(F)c2)no1. The van der Waals surface area contributed by atoms with Gasteiger partial charge in [-0.05, 0) is 30.3 Å². The monoisotopic (exact) mass is 311 g/mol. The molecule has 0 aliphatic carbocycles. The lowest BCUT2D eigenvalue weighted by molar-refractivity contribution is 0.260. The van der Waals surface area contributed by atoms with Gasteiger partial charge in [0, 0.05) is 13.0 Å². The van der Waals surface area contributed by atoms with Crippen LogP contribution in [0.15, 0.2) is 59.1 Å². The summed E-state index contributed by atoms with van der Waals surface area (Å²) >= 11 is 0. The second-order valence-electron chi connectivity index (χ2n) is 5.57. The van der Waals surface area contributed by atoms with Gasteiger partial charge in [0.15, 0.2) is 5.82 Å². The number of hydrogen-bond donors (Lipinski definition) is 0.